The van der Waals surface area contributed by atoms with E-state index in [0.717, 1.165) is 0 Å². The van der Waals surface area contributed by atoms with Gasteiger partial charge in [-0.1, -0.05) is 6.92 Å². The number of esters is 1. The van der Waals surface area contributed by atoms with Gasteiger partial charge in [-0.15, -0.1) is 0 Å². The smallest absolute Gasteiger partial charge is 0.330 e. The van der Waals surface area contributed by atoms with Crippen LogP contribution in [-0.4, -0.2) is 77.6 Å². The Morgan fingerprint density at radius 2 is 1.92 bits per heavy atom. The number of halogens is 2. The summed E-state index contributed by atoms with van der Waals surface area (Å²) in [6.07, 6.45) is -0.888. The van der Waals surface area contributed by atoms with E-state index in [2.05, 4.69) is 19.9 Å². The number of aromatic amines is 1. The Hall–Kier alpha value is -2.29. The van der Waals surface area contributed by atoms with Gasteiger partial charge in [0, 0.05) is 18.7 Å². The summed E-state index contributed by atoms with van der Waals surface area (Å²) in [6, 6.07) is 0.636. The van der Waals surface area contributed by atoms with Crippen molar-refractivity contribution in [2.45, 2.75) is 84.6 Å². The predicted molar refractivity (Wildman–Crippen MR) is 136 cm³/mol. The van der Waals surface area contributed by atoms with Crippen molar-refractivity contribution in [3.8, 4) is 0 Å². The molecule has 38 heavy (non-hydrogen) atoms. The van der Waals surface area contributed by atoms with Crippen molar-refractivity contribution in [3.63, 3.8) is 0 Å². The normalized spacial score (nSPS) is 20.0. The molecule has 2 rings (SSSR count). The molecule has 220 valence electrons. The third kappa shape index (κ3) is 14.6. The van der Waals surface area contributed by atoms with Gasteiger partial charge in [0.25, 0.3) is 12.0 Å². The lowest BCUT2D eigenvalue weighted by Gasteiger charge is -2.24. The van der Waals surface area contributed by atoms with Gasteiger partial charge in [-0.25, -0.2) is 18.7 Å². The van der Waals surface area contributed by atoms with Crippen LogP contribution in [0.3, 0.4) is 0 Å². The topological polar surface area (TPSA) is 170 Å². The number of aromatic nitrogens is 2. The minimum Gasteiger partial charge on any atom is -0.465 e. The van der Waals surface area contributed by atoms with Gasteiger partial charge in [0.2, 0.25) is 6.93 Å². The first-order chi connectivity index (χ1) is 17.9. The highest BCUT2D eigenvalue weighted by atomic mass is 31.2. The Labute approximate surface area is 221 Å². The average molecular weight is 573 g/mol. The minimum atomic E-state index is -1.75. The molecule has 1 aromatic heterocycles. The Balaban J connectivity index is 0.00000131. The highest BCUT2D eigenvalue weighted by Crippen LogP contribution is 2.32. The van der Waals surface area contributed by atoms with E-state index in [0.29, 0.717) is 13.0 Å². The number of H-pyrrole nitrogens is 1. The molecular formula is C22H39F2N4O9P. The van der Waals surface area contributed by atoms with Gasteiger partial charge in [0.05, 0.1) is 24.9 Å². The van der Waals surface area contributed by atoms with Crippen molar-refractivity contribution in [2.24, 2.45) is 0 Å². The lowest BCUT2D eigenvalue weighted by atomic mass is 10.2. The lowest BCUT2D eigenvalue weighted by Crippen LogP contribution is -2.37. The first-order valence-electron chi connectivity index (χ1n) is 11.9. The van der Waals surface area contributed by atoms with Gasteiger partial charge < -0.3 is 23.8 Å². The largest absolute Gasteiger partial charge is 0.465 e. The molecule has 0 saturated carbocycles. The van der Waals surface area contributed by atoms with Crippen LogP contribution in [0.2, 0.25) is 0 Å². The Morgan fingerprint density at radius 3 is 2.39 bits per heavy atom. The van der Waals surface area contributed by atoms with E-state index in [1.54, 1.807) is 34.6 Å². The van der Waals surface area contributed by atoms with E-state index in [9.17, 15) is 33.1 Å². The van der Waals surface area contributed by atoms with Crippen LogP contribution in [0.4, 0.5) is 8.78 Å². The number of hydrogen-bond donors (Lipinski definition) is 4. The van der Waals surface area contributed by atoms with Crippen LogP contribution >= 0.6 is 8.45 Å². The molecule has 0 bridgehead atoms. The molecule has 0 aliphatic carbocycles. The predicted octanol–water partition coefficient (Wildman–Crippen LogP) is 1.42. The van der Waals surface area contributed by atoms with Crippen molar-refractivity contribution >= 4 is 20.9 Å². The second kappa shape index (κ2) is 19.7. The summed E-state index contributed by atoms with van der Waals surface area (Å²) < 4.78 is 41.5. The van der Waals surface area contributed by atoms with Gasteiger partial charge in [-0.05, 0) is 41.2 Å². The fourth-order valence-corrected chi connectivity index (χ4v) is 4.08. The maximum absolute atomic E-state index is 12.0. The van der Waals surface area contributed by atoms with Gasteiger partial charge in [-0.3, -0.25) is 29.0 Å². The zero-order valence-electron chi connectivity index (χ0n) is 22.4. The third-order valence-electron chi connectivity index (χ3n) is 4.38. The third-order valence-corrected chi connectivity index (χ3v) is 6.01. The van der Waals surface area contributed by atoms with Gasteiger partial charge >= 0.3 is 11.7 Å². The minimum absolute atomic E-state index is 0.0301. The van der Waals surface area contributed by atoms with Gasteiger partial charge in [-0.2, -0.15) is 0 Å². The molecule has 16 heteroatoms. The Bertz CT molecular complexity index is 919. The first-order valence-corrected chi connectivity index (χ1v) is 13.1. The zero-order valence-corrected chi connectivity index (χ0v) is 23.3. The molecule has 13 nitrogen and oxygen atoms in total. The fraction of sp³-hybridized carbons (Fsp3) is 0.727. The highest BCUT2D eigenvalue weighted by Gasteiger charge is 2.36. The van der Waals surface area contributed by atoms with Gasteiger partial charge in [0.1, 0.15) is 18.4 Å². The molecule has 1 saturated heterocycles. The molecule has 0 amide bonds. The van der Waals surface area contributed by atoms with Crippen LogP contribution in [0, 0.1) is 0 Å². The van der Waals surface area contributed by atoms with E-state index in [4.69, 9.17) is 14.0 Å². The van der Waals surface area contributed by atoms with Crippen LogP contribution in [0.15, 0.2) is 21.9 Å². The van der Waals surface area contributed by atoms with Crippen molar-refractivity contribution < 1.29 is 42.2 Å². The number of alkyl halides is 2. The summed E-state index contributed by atoms with van der Waals surface area (Å²) in [4.78, 5) is 46.6. The molecule has 5 atom stereocenters. The molecule has 2 heterocycles. The monoisotopic (exact) mass is 572 g/mol. The number of nitrogens with one attached hydrogen (secondary N) is 3. The summed E-state index contributed by atoms with van der Waals surface area (Å²) in [5.41, 5.74) is -1.11. The molecule has 0 aromatic carbocycles. The standard InChI is InChI=1S/C17H29N4O7P.C4H8O2.CH2F2/c1-5-18-29(20-11(4)16(24)27-10(2)3)26-9-13-12(22)8-15(28-13)21-7-6-14(23)19-17(21)25;1-4(2)6-3-5;2-1-3/h6-7,10-13,15,18,20,22H,5,8-9H2,1-4H3,(H,19,23,25);3-4H,1-2H3;1H2. The quantitative estimate of drug-likeness (QED) is 0.162. The van der Waals surface area contributed by atoms with E-state index >= 15 is 0 Å². The molecule has 1 aliphatic rings. The number of aliphatic hydroxyl groups is 1. The number of aliphatic hydroxyl groups excluding tert-OH is 1. The second-order valence-electron chi connectivity index (χ2n) is 8.27. The van der Waals surface area contributed by atoms with E-state index in [1.165, 1.54) is 16.8 Å². The number of hydrogen-bond acceptors (Lipinski definition) is 11. The van der Waals surface area contributed by atoms with Crippen molar-refractivity contribution in [1.82, 2.24) is 19.7 Å². The number of rotatable bonds is 12. The lowest BCUT2D eigenvalue weighted by molar-refractivity contribution is -0.149. The number of carbonyl (C=O) groups is 2. The van der Waals surface area contributed by atoms with E-state index < -0.39 is 51.1 Å². The summed E-state index contributed by atoms with van der Waals surface area (Å²) in [5.74, 6) is -0.385. The molecule has 1 aromatic rings. The second-order valence-corrected chi connectivity index (χ2v) is 9.69. The SMILES string of the molecule is CC(C)OC=O.CCNP(NC(C)C(=O)OC(C)C)OCC1OC(n2ccc(=O)[nH]c2=O)CC1O.FCF. The maximum atomic E-state index is 12.0. The molecule has 0 spiro atoms. The Morgan fingerprint density at radius 1 is 1.29 bits per heavy atom. The number of nitrogens with zero attached hydrogens (tertiary/aromatic N) is 1. The van der Waals surface area contributed by atoms with Crippen molar-refractivity contribution in [2.75, 3.05) is 20.1 Å². The van der Waals surface area contributed by atoms with Gasteiger partial charge in [0.15, 0.2) is 8.45 Å². The molecule has 0 radical (unpaired) electrons. The van der Waals surface area contributed by atoms with Crippen LogP contribution in [0.5, 0.6) is 0 Å². The highest BCUT2D eigenvalue weighted by molar-refractivity contribution is 7.48. The summed E-state index contributed by atoms with van der Waals surface area (Å²) >= 11 is 0. The summed E-state index contributed by atoms with van der Waals surface area (Å²) in [6.45, 7) is 10.1. The molecular weight excluding hydrogens is 533 g/mol. The molecule has 1 fully saturated rings. The Kier molecular flexibility index (Phi) is 18.5. The van der Waals surface area contributed by atoms with E-state index in [-0.39, 0.29) is 31.2 Å². The number of ether oxygens (including phenoxy) is 3. The fourth-order valence-electron chi connectivity index (χ4n) is 2.78. The van der Waals surface area contributed by atoms with Crippen LogP contribution in [0.1, 0.15) is 54.2 Å². The zero-order chi connectivity index (χ0) is 29.3. The first kappa shape index (κ1) is 35.7. The molecule has 4 N–H and O–H groups in total. The van der Waals surface area contributed by atoms with Crippen molar-refractivity contribution in [1.29, 1.82) is 0 Å². The summed E-state index contributed by atoms with van der Waals surface area (Å²) in [7, 11) is -1.38. The van der Waals surface area contributed by atoms with E-state index in [1.807, 2.05) is 6.92 Å². The van der Waals surface area contributed by atoms with Crippen LogP contribution in [-0.2, 0) is 28.3 Å². The summed E-state index contributed by atoms with van der Waals surface area (Å²) in [5, 5.41) is 16.4. The van der Waals surface area contributed by atoms with Crippen LogP contribution < -0.4 is 21.4 Å². The van der Waals surface area contributed by atoms with Crippen LogP contribution in [0.25, 0.3) is 0 Å². The average Bonchev–Trinajstić information content (AvgIpc) is 3.18. The maximum Gasteiger partial charge on any atom is 0.330 e. The number of carbonyl (C=O) groups excluding carboxylic acids is 2. The molecule has 1 aliphatic heterocycles. The molecule has 5 unspecified atom stereocenters. The van der Waals surface area contributed by atoms with Crippen molar-refractivity contribution in [3.05, 3.63) is 33.1 Å².